The second-order valence-corrected chi connectivity index (χ2v) is 9.10. The van der Waals surface area contributed by atoms with Gasteiger partial charge in [0.15, 0.2) is 11.5 Å². The molecule has 0 spiro atoms. The van der Waals surface area contributed by atoms with Crippen LogP contribution in [0.25, 0.3) is 16.9 Å². The van der Waals surface area contributed by atoms with E-state index in [1.165, 1.54) is 24.5 Å². The SMILES string of the molecule is Cn1nc(C(F)(F)C(F)(F)F)c(SC(F)F)c1-n1cc(-c2ccc(Cl)c(C(=O)NC3CC3)c2)cn1. The maximum Gasteiger partial charge on any atom is 0.459 e. The zero-order valence-electron chi connectivity index (χ0n) is 17.6. The first kappa shape index (κ1) is 25.4. The van der Waals surface area contributed by atoms with Crippen LogP contribution in [0.5, 0.6) is 0 Å². The van der Waals surface area contributed by atoms with Gasteiger partial charge < -0.3 is 5.32 Å². The van der Waals surface area contributed by atoms with Crippen LogP contribution in [0.15, 0.2) is 35.5 Å². The van der Waals surface area contributed by atoms with E-state index >= 15 is 0 Å². The van der Waals surface area contributed by atoms with Gasteiger partial charge in [-0.2, -0.15) is 40.9 Å². The van der Waals surface area contributed by atoms with Crippen LogP contribution < -0.4 is 5.32 Å². The smallest absolute Gasteiger partial charge is 0.349 e. The number of carbonyl (C=O) groups is 1. The number of nitrogens with zero attached hydrogens (tertiary/aromatic N) is 4. The summed E-state index contributed by atoms with van der Waals surface area (Å²) < 4.78 is 94.8. The molecule has 1 aromatic carbocycles. The highest BCUT2D eigenvalue weighted by atomic mass is 35.5. The molecule has 2 aromatic heterocycles. The summed E-state index contributed by atoms with van der Waals surface area (Å²) in [7, 11) is 1.03. The number of thioether (sulfide) groups is 1. The number of amides is 1. The molecule has 0 saturated heterocycles. The van der Waals surface area contributed by atoms with Crippen molar-refractivity contribution in [2.75, 3.05) is 0 Å². The Bertz CT molecular complexity index is 1270. The van der Waals surface area contributed by atoms with Gasteiger partial charge in [0.2, 0.25) is 0 Å². The van der Waals surface area contributed by atoms with Crippen LogP contribution in [-0.4, -0.2) is 43.4 Å². The molecule has 0 bridgehead atoms. The van der Waals surface area contributed by atoms with E-state index in [0.717, 1.165) is 24.6 Å². The minimum atomic E-state index is -6.05. The highest BCUT2D eigenvalue weighted by Gasteiger charge is 2.62. The first-order valence-corrected chi connectivity index (χ1v) is 11.2. The average molecular weight is 542 g/mol. The van der Waals surface area contributed by atoms with Crippen molar-refractivity contribution in [1.29, 1.82) is 0 Å². The molecule has 3 aromatic rings. The Kier molecular flexibility index (Phi) is 6.55. The van der Waals surface area contributed by atoms with Crippen LogP contribution in [0.3, 0.4) is 0 Å². The standard InChI is InChI=1S/C20H15ClF7N5OS/c1-32-17(14(35-18(22)23)15(31-32)19(24,25)20(26,27)28)33-8-10(7-29-33)9-2-5-13(21)12(6-9)16(34)30-11-3-4-11/h2,5-8,11,18H,3-4H2,1H3,(H,30,34). The van der Waals surface area contributed by atoms with Crippen LogP contribution in [0.2, 0.25) is 5.02 Å². The van der Waals surface area contributed by atoms with Gasteiger partial charge >= 0.3 is 12.1 Å². The average Bonchev–Trinajstić information content (AvgIpc) is 3.32. The molecular weight excluding hydrogens is 527 g/mol. The van der Waals surface area contributed by atoms with Gasteiger partial charge in [-0.25, -0.2) is 9.36 Å². The molecule has 0 atom stereocenters. The largest absolute Gasteiger partial charge is 0.459 e. The fraction of sp³-hybridized carbons (Fsp3) is 0.350. The van der Waals surface area contributed by atoms with Crippen molar-refractivity contribution in [3.63, 3.8) is 0 Å². The molecule has 1 aliphatic carbocycles. The number of hydrogen-bond donors (Lipinski definition) is 1. The van der Waals surface area contributed by atoms with E-state index in [0.29, 0.717) is 15.8 Å². The monoisotopic (exact) mass is 541 g/mol. The van der Waals surface area contributed by atoms with Crippen LogP contribution in [0.1, 0.15) is 28.9 Å². The van der Waals surface area contributed by atoms with Crippen LogP contribution >= 0.6 is 23.4 Å². The van der Waals surface area contributed by atoms with E-state index in [1.807, 2.05) is 0 Å². The van der Waals surface area contributed by atoms with E-state index in [4.69, 9.17) is 11.6 Å². The van der Waals surface area contributed by atoms with Crippen molar-refractivity contribution in [3.8, 4) is 16.9 Å². The molecule has 1 amide bonds. The van der Waals surface area contributed by atoms with Gasteiger partial charge in [-0.3, -0.25) is 4.79 Å². The summed E-state index contributed by atoms with van der Waals surface area (Å²) in [5.41, 5.74) is -0.936. The molecule has 15 heteroatoms. The molecule has 1 aliphatic rings. The second-order valence-electron chi connectivity index (χ2n) is 7.69. The number of hydrogen-bond acceptors (Lipinski definition) is 4. The Morgan fingerprint density at radius 2 is 1.89 bits per heavy atom. The lowest BCUT2D eigenvalue weighted by molar-refractivity contribution is -0.292. The molecule has 1 saturated carbocycles. The number of alkyl halides is 7. The van der Waals surface area contributed by atoms with Crippen LogP contribution in [0.4, 0.5) is 30.7 Å². The molecule has 6 nitrogen and oxygen atoms in total. The van der Waals surface area contributed by atoms with Gasteiger partial charge in [-0.15, -0.1) is 0 Å². The summed E-state index contributed by atoms with van der Waals surface area (Å²) in [6.07, 6.45) is -1.87. The number of carbonyl (C=O) groups excluding carboxylic acids is 1. The van der Waals surface area contributed by atoms with Crippen LogP contribution in [0, 0.1) is 0 Å². The fourth-order valence-electron chi connectivity index (χ4n) is 3.24. The zero-order valence-corrected chi connectivity index (χ0v) is 19.2. The molecule has 2 heterocycles. The Morgan fingerprint density at radius 1 is 1.20 bits per heavy atom. The van der Waals surface area contributed by atoms with Crippen molar-refractivity contribution in [3.05, 3.63) is 46.9 Å². The number of rotatable bonds is 7. The van der Waals surface area contributed by atoms with Gasteiger partial charge in [0.05, 0.1) is 21.7 Å². The van der Waals surface area contributed by atoms with Gasteiger partial charge in [-0.1, -0.05) is 17.7 Å². The lowest BCUT2D eigenvalue weighted by Crippen LogP contribution is -2.34. The van der Waals surface area contributed by atoms with Crippen molar-refractivity contribution in [2.24, 2.45) is 7.05 Å². The van der Waals surface area contributed by atoms with E-state index in [9.17, 15) is 35.5 Å². The van der Waals surface area contributed by atoms with Gasteiger partial charge in [0, 0.05) is 24.8 Å². The van der Waals surface area contributed by atoms with Crippen molar-refractivity contribution in [2.45, 2.75) is 41.6 Å². The maximum absolute atomic E-state index is 14.1. The molecular formula is C20H15ClF7N5OS. The second kappa shape index (κ2) is 9.04. The van der Waals surface area contributed by atoms with E-state index in [1.54, 1.807) is 6.07 Å². The molecule has 1 N–H and O–H groups in total. The van der Waals surface area contributed by atoms with Gasteiger partial charge in [0.1, 0.15) is 0 Å². The molecule has 0 unspecified atom stereocenters. The van der Waals surface area contributed by atoms with Gasteiger partial charge in [0.25, 0.3) is 11.7 Å². The number of nitrogens with one attached hydrogen (secondary N) is 1. The summed E-state index contributed by atoms with van der Waals surface area (Å²) in [6.45, 7) is 0. The Hall–Kier alpha value is -2.74. The lowest BCUT2D eigenvalue weighted by Gasteiger charge is -2.18. The van der Waals surface area contributed by atoms with Crippen LogP contribution in [-0.2, 0) is 13.0 Å². The summed E-state index contributed by atoms with van der Waals surface area (Å²) in [5.74, 6) is -9.69. The number of aromatic nitrogens is 4. The molecule has 0 aliphatic heterocycles. The summed E-state index contributed by atoms with van der Waals surface area (Å²) >= 11 is 5.63. The summed E-state index contributed by atoms with van der Waals surface area (Å²) in [4.78, 5) is 11.4. The highest BCUT2D eigenvalue weighted by Crippen LogP contribution is 2.48. The third-order valence-corrected chi connectivity index (χ3v) is 6.21. The van der Waals surface area contributed by atoms with E-state index in [-0.39, 0.29) is 16.6 Å². The highest BCUT2D eigenvalue weighted by molar-refractivity contribution is 7.99. The minimum Gasteiger partial charge on any atom is -0.349 e. The van der Waals surface area contributed by atoms with E-state index in [2.05, 4.69) is 15.5 Å². The Morgan fingerprint density at radius 3 is 2.49 bits per heavy atom. The molecule has 1 fully saturated rings. The Balaban J connectivity index is 1.75. The van der Waals surface area contributed by atoms with E-state index < -0.39 is 51.9 Å². The topological polar surface area (TPSA) is 64.7 Å². The quantitative estimate of drug-likeness (QED) is 0.304. The molecule has 0 radical (unpaired) electrons. The fourth-order valence-corrected chi connectivity index (χ4v) is 4.24. The van der Waals surface area contributed by atoms with Crippen molar-refractivity contribution in [1.82, 2.24) is 24.9 Å². The predicted molar refractivity (Wildman–Crippen MR) is 113 cm³/mol. The predicted octanol–water partition coefficient (Wildman–Crippen LogP) is 5.79. The Labute approximate surface area is 202 Å². The summed E-state index contributed by atoms with van der Waals surface area (Å²) in [6, 6.07) is 4.53. The zero-order chi connectivity index (χ0) is 25.7. The normalized spacial score (nSPS) is 14.6. The van der Waals surface area contributed by atoms with Gasteiger partial charge in [-0.05, 0) is 42.3 Å². The lowest BCUT2D eigenvalue weighted by atomic mass is 10.1. The minimum absolute atomic E-state index is 0.0737. The first-order chi connectivity index (χ1) is 16.3. The number of halogens is 8. The summed E-state index contributed by atoms with van der Waals surface area (Å²) in [5, 5.41) is 10.1. The number of aryl methyl sites for hydroxylation is 1. The maximum atomic E-state index is 14.1. The first-order valence-electron chi connectivity index (χ1n) is 9.92. The van der Waals surface area contributed by atoms with Crippen molar-refractivity contribution >= 4 is 29.3 Å². The third-order valence-electron chi connectivity index (χ3n) is 5.09. The number of benzene rings is 1. The molecule has 4 rings (SSSR count). The third kappa shape index (κ3) is 4.99. The van der Waals surface area contributed by atoms with Crippen molar-refractivity contribution < 1.29 is 35.5 Å². The molecule has 35 heavy (non-hydrogen) atoms. The molecule has 188 valence electrons.